The van der Waals surface area contributed by atoms with E-state index in [0.717, 1.165) is 44.2 Å². The van der Waals surface area contributed by atoms with Crippen molar-refractivity contribution < 1.29 is 14.4 Å². The summed E-state index contributed by atoms with van der Waals surface area (Å²) in [4.78, 5) is 31.5. The molecule has 0 heterocycles. The number of rotatable bonds is 4. The zero-order valence-electron chi connectivity index (χ0n) is 17.7. The van der Waals surface area contributed by atoms with Gasteiger partial charge in [-0.2, -0.15) is 0 Å². The lowest BCUT2D eigenvalue weighted by Gasteiger charge is -2.60. The largest absolute Gasteiger partial charge is 0.394 e. The number of ketones is 2. The molecule has 0 aromatic heterocycles. The first-order chi connectivity index (χ1) is 13.4. The molecule has 4 fully saturated rings. The average molecular weight is 389 g/mol. The van der Waals surface area contributed by atoms with Gasteiger partial charge >= 0.3 is 0 Å². The number of Topliss-reactive ketones (excluding diaryl/α,β-unsaturated/α-hetero) is 2. The van der Waals surface area contributed by atoms with Crippen molar-refractivity contribution >= 4 is 17.3 Å². The van der Waals surface area contributed by atoms with Crippen LogP contribution >= 0.6 is 0 Å². The third-order valence-electron chi connectivity index (χ3n) is 9.07. The van der Waals surface area contributed by atoms with Crippen LogP contribution in [0.5, 0.6) is 0 Å². The van der Waals surface area contributed by atoms with Crippen LogP contribution in [0.25, 0.3) is 0 Å². The van der Waals surface area contributed by atoms with Crippen molar-refractivity contribution in [3.63, 3.8) is 0 Å². The molecule has 0 spiro atoms. The Bertz CT molecular complexity index is 689. The molecule has 5 nitrogen and oxygen atoms in total. The predicted octanol–water partition coefficient (Wildman–Crippen LogP) is 3.74. The van der Waals surface area contributed by atoms with Gasteiger partial charge in [-0.1, -0.05) is 25.9 Å². The summed E-state index contributed by atoms with van der Waals surface area (Å²) >= 11 is 0. The van der Waals surface area contributed by atoms with Crippen molar-refractivity contribution in [2.24, 2.45) is 51.3 Å². The molecule has 4 rings (SSSR count). The molecule has 0 amide bonds. The lowest BCUT2D eigenvalue weighted by atomic mass is 9.43. The molecule has 4 aliphatic carbocycles. The quantitative estimate of drug-likeness (QED) is 0.587. The van der Waals surface area contributed by atoms with E-state index in [1.54, 1.807) is 0 Å². The first-order valence-electron chi connectivity index (χ1n) is 11.3. The maximum absolute atomic E-state index is 13.5. The molecular formula is C23H36N2O3. The van der Waals surface area contributed by atoms with Crippen LogP contribution in [0.2, 0.25) is 0 Å². The van der Waals surface area contributed by atoms with Crippen LogP contribution in [0.4, 0.5) is 0 Å². The minimum Gasteiger partial charge on any atom is -0.394 e. The normalized spacial score (nSPS) is 46.9. The third kappa shape index (κ3) is 2.79. The second kappa shape index (κ2) is 7.23. The van der Waals surface area contributed by atoms with Crippen LogP contribution < -0.4 is 5.73 Å². The number of carbonyl (C=O) groups excluding carboxylic acids is 2. The van der Waals surface area contributed by atoms with E-state index in [1.807, 2.05) is 0 Å². The zero-order valence-corrected chi connectivity index (χ0v) is 17.7. The summed E-state index contributed by atoms with van der Waals surface area (Å²) in [7, 11) is 0. The Kier molecular flexibility index (Phi) is 5.18. The molecule has 28 heavy (non-hydrogen) atoms. The fourth-order valence-electron chi connectivity index (χ4n) is 7.69. The van der Waals surface area contributed by atoms with Gasteiger partial charge in [0.1, 0.15) is 18.2 Å². The van der Waals surface area contributed by atoms with E-state index in [-0.39, 0.29) is 22.7 Å². The molecule has 0 bridgehead atoms. The van der Waals surface area contributed by atoms with Gasteiger partial charge in [-0.05, 0) is 61.7 Å². The first-order valence-corrected chi connectivity index (χ1v) is 11.3. The summed E-state index contributed by atoms with van der Waals surface area (Å²) in [5.74, 6) is 2.44. The van der Waals surface area contributed by atoms with Crippen molar-refractivity contribution in [3.05, 3.63) is 0 Å². The van der Waals surface area contributed by atoms with Crippen molar-refractivity contribution in [2.75, 3.05) is 13.2 Å². The fourth-order valence-corrected chi connectivity index (χ4v) is 7.69. The van der Waals surface area contributed by atoms with E-state index in [9.17, 15) is 9.59 Å². The van der Waals surface area contributed by atoms with Gasteiger partial charge in [0.15, 0.2) is 0 Å². The maximum Gasteiger partial charge on any atom is 0.139 e. The van der Waals surface area contributed by atoms with Crippen LogP contribution in [0.3, 0.4) is 0 Å². The minimum atomic E-state index is -0.174. The summed E-state index contributed by atoms with van der Waals surface area (Å²) < 4.78 is 0. The number of nitrogens with zero attached hydrogens (tertiary/aromatic N) is 1. The number of fused-ring (bicyclic) bond motifs is 5. The Morgan fingerprint density at radius 3 is 2.64 bits per heavy atom. The highest BCUT2D eigenvalue weighted by Gasteiger charge is 2.63. The van der Waals surface area contributed by atoms with Gasteiger partial charge < -0.3 is 10.6 Å². The van der Waals surface area contributed by atoms with E-state index in [4.69, 9.17) is 10.6 Å². The summed E-state index contributed by atoms with van der Waals surface area (Å²) in [5, 5.41) is 4.40. The average Bonchev–Trinajstić information content (AvgIpc) is 2.97. The Morgan fingerprint density at radius 2 is 1.93 bits per heavy atom. The van der Waals surface area contributed by atoms with E-state index in [0.29, 0.717) is 55.3 Å². The van der Waals surface area contributed by atoms with E-state index >= 15 is 0 Å². The molecule has 4 aliphatic rings. The van der Waals surface area contributed by atoms with Gasteiger partial charge in [-0.25, -0.2) is 0 Å². The van der Waals surface area contributed by atoms with E-state index < -0.39 is 0 Å². The van der Waals surface area contributed by atoms with Crippen LogP contribution in [-0.2, 0) is 14.4 Å². The summed E-state index contributed by atoms with van der Waals surface area (Å²) in [6, 6.07) is 0. The Morgan fingerprint density at radius 1 is 1.14 bits per heavy atom. The van der Waals surface area contributed by atoms with Crippen molar-refractivity contribution in [1.82, 2.24) is 0 Å². The molecule has 0 radical (unpaired) electrons. The summed E-state index contributed by atoms with van der Waals surface area (Å²) in [6.45, 7) is 7.59. The highest BCUT2D eigenvalue weighted by molar-refractivity contribution is 5.95. The molecule has 0 aromatic carbocycles. The first kappa shape index (κ1) is 20.1. The maximum atomic E-state index is 13.5. The topological polar surface area (TPSA) is 81.8 Å². The summed E-state index contributed by atoms with van der Waals surface area (Å²) in [5.41, 5.74) is 6.44. The molecule has 4 saturated carbocycles. The van der Waals surface area contributed by atoms with Gasteiger partial charge in [0.05, 0.1) is 5.71 Å². The molecule has 0 saturated heterocycles. The number of hydrogen-bond donors (Lipinski definition) is 1. The molecule has 2 N–H and O–H groups in total. The monoisotopic (exact) mass is 388 g/mol. The Hall–Kier alpha value is -1.23. The van der Waals surface area contributed by atoms with E-state index in [1.165, 1.54) is 0 Å². The van der Waals surface area contributed by atoms with Crippen molar-refractivity contribution in [3.8, 4) is 0 Å². The molecular weight excluding hydrogens is 352 g/mol. The molecule has 1 unspecified atom stereocenters. The van der Waals surface area contributed by atoms with Crippen LogP contribution in [-0.4, -0.2) is 30.4 Å². The predicted molar refractivity (Wildman–Crippen MR) is 109 cm³/mol. The Balaban J connectivity index is 1.64. The van der Waals surface area contributed by atoms with Gasteiger partial charge in [-0.15, -0.1) is 0 Å². The standard InChI is InChI=1S/C23H36N2O3/c1-4-14-18(25-28-12-11-24)8-10-23(3)17-7-9-22(2)16(5-6-20(22)27)15(17)13-19(26)21(14)23/h14-17,21H,4-13,24H2,1-3H3/b25-18+/t14?,15-,16-,17-,21+,22-,23+/m0/s1. The number of carbonyl (C=O) groups is 2. The van der Waals surface area contributed by atoms with Crippen molar-refractivity contribution in [2.45, 2.75) is 72.1 Å². The second-order valence-corrected chi connectivity index (χ2v) is 10.2. The lowest BCUT2D eigenvalue weighted by molar-refractivity contribution is -0.156. The van der Waals surface area contributed by atoms with E-state index in [2.05, 4.69) is 25.9 Å². The second-order valence-electron chi connectivity index (χ2n) is 10.2. The summed E-state index contributed by atoms with van der Waals surface area (Å²) in [6.07, 6.45) is 7.30. The van der Waals surface area contributed by atoms with Gasteiger partial charge in [0, 0.05) is 36.6 Å². The Labute approximate surface area is 168 Å². The molecule has 5 heteroatoms. The highest BCUT2D eigenvalue weighted by Crippen LogP contribution is 2.65. The molecule has 0 aliphatic heterocycles. The molecule has 7 atom stereocenters. The van der Waals surface area contributed by atoms with Crippen LogP contribution in [0.1, 0.15) is 72.1 Å². The molecule has 156 valence electrons. The number of nitrogens with two attached hydrogens (primary N) is 1. The van der Waals surface area contributed by atoms with Crippen LogP contribution in [0, 0.1) is 40.4 Å². The third-order valence-corrected chi connectivity index (χ3v) is 9.07. The number of hydrogen-bond acceptors (Lipinski definition) is 5. The SMILES string of the molecule is CCC1/C(=N/OCCN)CC[C@@]2(C)[C@H]1C(=O)C[C@@H]1[C@@H]2CC[C@]2(C)C(=O)CC[C@@H]12. The smallest absolute Gasteiger partial charge is 0.139 e. The fraction of sp³-hybridized carbons (Fsp3) is 0.870. The van der Waals surface area contributed by atoms with Gasteiger partial charge in [0.25, 0.3) is 0 Å². The van der Waals surface area contributed by atoms with Crippen molar-refractivity contribution in [1.29, 1.82) is 0 Å². The zero-order chi connectivity index (χ0) is 20.1. The number of oxime groups is 1. The molecule has 0 aromatic rings. The van der Waals surface area contributed by atoms with Crippen LogP contribution in [0.15, 0.2) is 5.16 Å². The van der Waals surface area contributed by atoms with Gasteiger partial charge in [-0.3, -0.25) is 9.59 Å². The van der Waals surface area contributed by atoms with Gasteiger partial charge in [0.2, 0.25) is 0 Å². The lowest BCUT2D eigenvalue weighted by Crippen LogP contribution is -2.59. The highest BCUT2D eigenvalue weighted by atomic mass is 16.6. The minimum absolute atomic E-state index is 0.0283.